The van der Waals surface area contributed by atoms with E-state index in [1.807, 2.05) is 28.7 Å². The van der Waals surface area contributed by atoms with Crippen LogP contribution in [0.25, 0.3) is 0 Å². The minimum atomic E-state index is 0.532. The van der Waals surface area contributed by atoms with Crippen molar-refractivity contribution in [2.45, 2.75) is 32.1 Å². The summed E-state index contributed by atoms with van der Waals surface area (Å²) in [6.45, 7) is 8.38. The summed E-state index contributed by atoms with van der Waals surface area (Å²) in [6, 6.07) is 8.91. The van der Waals surface area contributed by atoms with E-state index in [1.54, 1.807) is 0 Å². The Kier molecular flexibility index (Phi) is 4.19. The Morgan fingerprint density at radius 1 is 1.18 bits per heavy atom. The van der Waals surface area contributed by atoms with Gasteiger partial charge in [-0.25, -0.2) is 0 Å². The molecule has 17 heavy (non-hydrogen) atoms. The van der Waals surface area contributed by atoms with Crippen molar-refractivity contribution in [2.75, 3.05) is 0 Å². The van der Waals surface area contributed by atoms with E-state index in [0.29, 0.717) is 11.8 Å². The Labute approximate surface area is 112 Å². The van der Waals surface area contributed by atoms with Gasteiger partial charge in [0.25, 0.3) is 0 Å². The molecule has 0 nitrogen and oxygen atoms in total. The lowest BCUT2D eigenvalue weighted by Crippen LogP contribution is -1.88. The molecule has 0 radical (unpaired) electrons. The van der Waals surface area contributed by atoms with Crippen LogP contribution in [0.5, 0.6) is 0 Å². The molecule has 0 saturated heterocycles. The molecule has 2 unspecified atom stereocenters. The summed E-state index contributed by atoms with van der Waals surface area (Å²) in [6.07, 6.45) is 3.07. The molecule has 0 N–H and O–H groups in total. The molecule has 0 aliphatic carbocycles. The van der Waals surface area contributed by atoms with E-state index in [4.69, 9.17) is 0 Å². The van der Waals surface area contributed by atoms with Crippen LogP contribution in [0.3, 0.4) is 0 Å². The first kappa shape index (κ1) is 12.6. The largest absolute Gasteiger partial charge is 0.148 e. The van der Waals surface area contributed by atoms with Crippen molar-refractivity contribution in [2.24, 2.45) is 0 Å². The highest BCUT2D eigenvalue weighted by molar-refractivity contribution is 7.13. The summed E-state index contributed by atoms with van der Waals surface area (Å²) in [5.74, 6) is 1.13. The van der Waals surface area contributed by atoms with Crippen molar-refractivity contribution in [3.8, 4) is 0 Å². The zero-order valence-electron chi connectivity index (χ0n) is 10.3. The van der Waals surface area contributed by atoms with Gasteiger partial charge in [-0.05, 0) is 35.9 Å². The normalized spacial score (nSPS) is 14.5. The van der Waals surface area contributed by atoms with Gasteiger partial charge in [-0.2, -0.15) is 0 Å². The molecular weight excluding hydrogens is 244 g/mol. The third-order valence-corrected chi connectivity index (χ3v) is 5.60. The average molecular weight is 262 g/mol. The van der Waals surface area contributed by atoms with E-state index in [0.717, 1.165) is 6.42 Å². The van der Waals surface area contributed by atoms with E-state index in [-0.39, 0.29) is 0 Å². The standard InChI is InChI=1S/C15H18S2/c1-4-6-11(2)13-8-9-15(17-13)12(3)14-7-5-10-16-14/h4-5,7-12H,1,6H2,2-3H3. The summed E-state index contributed by atoms with van der Waals surface area (Å²) >= 11 is 3.79. The van der Waals surface area contributed by atoms with Gasteiger partial charge in [0.15, 0.2) is 0 Å². The van der Waals surface area contributed by atoms with Crippen molar-refractivity contribution in [3.05, 3.63) is 56.9 Å². The molecule has 2 heterocycles. The molecular formula is C15H18S2. The first-order chi connectivity index (χ1) is 8.22. The van der Waals surface area contributed by atoms with Gasteiger partial charge in [-0.15, -0.1) is 29.3 Å². The third-order valence-electron chi connectivity index (χ3n) is 3.05. The first-order valence-electron chi connectivity index (χ1n) is 5.96. The van der Waals surface area contributed by atoms with Gasteiger partial charge in [0.2, 0.25) is 0 Å². The fourth-order valence-corrected chi connectivity index (χ4v) is 3.93. The quantitative estimate of drug-likeness (QED) is 0.612. The van der Waals surface area contributed by atoms with Gasteiger partial charge in [0.05, 0.1) is 0 Å². The van der Waals surface area contributed by atoms with Crippen LogP contribution in [-0.2, 0) is 0 Å². The van der Waals surface area contributed by atoms with Crippen molar-refractivity contribution in [3.63, 3.8) is 0 Å². The molecule has 2 aromatic heterocycles. The van der Waals surface area contributed by atoms with E-state index in [9.17, 15) is 0 Å². The monoisotopic (exact) mass is 262 g/mol. The van der Waals surface area contributed by atoms with Crippen LogP contribution in [0.15, 0.2) is 42.3 Å². The maximum absolute atomic E-state index is 3.82. The fraction of sp³-hybridized carbons (Fsp3) is 0.333. The van der Waals surface area contributed by atoms with Crippen molar-refractivity contribution in [1.29, 1.82) is 0 Å². The Balaban J connectivity index is 2.15. The fourth-order valence-electron chi connectivity index (χ4n) is 1.91. The molecule has 90 valence electrons. The van der Waals surface area contributed by atoms with Crippen molar-refractivity contribution >= 4 is 22.7 Å². The second kappa shape index (κ2) is 5.65. The second-order valence-corrected chi connectivity index (χ2v) is 6.53. The maximum atomic E-state index is 3.82. The van der Waals surface area contributed by atoms with Crippen LogP contribution >= 0.6 is 22.7 Å². The minimum absolute atomic E-state index is 0.532. The van der Waals surface area contributed by atoms with Crippen LogP contribution in [-0.4, -0.2) is 0 Å². The van der Waals surface area contributed by atoms with Gasteiger partial charge in [-0.1, -0.05) is 26.0 Å². The van der Waals surface area contributed by atoms with E-state index < -0.39 is 0 Å². The zero-order valence-corrected chi connectivity index (χ0v) is 12.0. The van der Waals surface area contributed by atoms with Crippen molar-refractivity contribution < 1.29 is 0 Å². The molecule has 2 rings (SSSR count). The van der Waals surface area contributed by atoms with Crippen molar-refractivity contribution in [1.82, 2.24) is 0 Å². The third kappa shape index (κ3) is 2.88. The molecule has 0 amide bonds. The van der Waals surface area contributed by atoms with Gasteiger partial charge < -0.3 is 0 Å². The summed E-state index contributed by atoms with van der Waals surface area (Å²) in [5, 5.41) is 2.15. The van der Waals surface area contributed by atoms with Gasteiger partial charge >= 0.3 is 0 Å². The van der Waals surface area contributed by atoms with Gasteiger partial charge in [-0.3, -0.25) is 0 Å². The molecule has 2 atom stereocenters. The molecule has 0 aromatic carbocycles. The van der Waals surface area contributed by atoms with Crippen LogP contribution < -0.4 is 0 Å². The molecule has 2 aromatic rings. The van der Waals surface area contributed by atoms with Crippen LogP contribution in [0.2, 0.25) is 0 Å². The average Bonchev–Trinajstić information content (AvgIpc) is 3.00. The zero-order chi connectivity index (χ0) is 12.3. The molecule has 0 aliphatic rings. The lowest BCUT2D eigenvalue weighted by atomic mass is 10.1. The molecule has 0 saturated carbocycles. The Bertz CT molecular complexity index is 465. The summed E-state index contributed by atoms with van der Waals surface area (Å²) in [7, 11) is 0. The van der Waals surface area contributed by atoms with E-state index in [2.05, 4.69) is 50.1 Å². The minimum Gasteiger partial charge on any atom is -0.148 e. The van der Waals surface area contributed by atoms with E-state index >= 15 is 0 Å². The Morgan fingerprint density at radius 3 is 2.59 bits per heavy atom. The Hall–Kier alpha value is -0.860. The number of hydrogen-bond acceptors (Lipinski definition) is 2. The summed E-state index contributed by atoms with van der Waals surface area (Å²) in [5.41, 5.74) is 0. The second-order valence-electron chi connectivity index (χ2n) is 4.40. The molecule has 0 fully saturated rings. The van der Waals surface area contributed by atoms with Crippen LogP contribution in [0.1, 0.15) is 46.7 Å². The molecule has 0 bridgehead atoms. The predicted molar refractivity (Wildman–Crippen MR) is 79.4 cm³/mol. The molecule has 0 spiro atoms. The van der Waals surface area contributed by atoms with Crippen LogP contribution in [0.4, 0.5) is 0 Å². The molecule has 2 heteroatoms. The molecule has 0 aliphatic heterocycles. The highest BCUT2D eigenvalue weighted by Crippen LogP contribution is 2.35. The highest BCUT2D eigenvalue weighted by Gasteiger charge is 2.14. The maximum Gasteiger partial charge on any atom is 0.0249 e. The smallest absolute Gasteiger partial charge is 0.0249 e. The lowest BCUT2D eigenvalue weighted by Gasteiger charge is -2.07. The topological polar surface area (TPSA) is 0 Å². The Morgan fingerprint density at radius 2 is 1.94 bits per heavy atom. The van der Waals surface area contributed by atoms with Gasteiger partial charge in [0.1, 0.15) is 0 Å². The summed E-state index contributed by atoms with van der Waals surface area (Å²) < 4.78 is 0. The van der Waals surface area contributed by atoms with Gasteiger partial charge in [0, 0.05) is 20.5 Å². The number of hydrogen-bond donors (Lipinski definition) is 0. The first-order valence-corrected chi connectivity index (χ1v) is 7.66. The predicted octanol–water partition coefficient (Wildman–Crippen LogP) is 5.64. The highest BCUT2D eigenvalue weighted by atomic mass is 32.1. The number of allylic oxidation sites excluding steroid dienone is 1. The summed E-state index contributed by atoms with van der Waals surface area (Å²) in [4.78, 5) is 4.40. The number of thiophene rings is 2. The SMILES string of the molecule is C=CCC(C)c1ccc(C(C)c2cccs2)s1. The van der Waals surface area contributed by atoms with E-state index in [1.165, 1.54) is 14.6 Å². The lowest BCUT2D eigenvalue weighted by molar-refractivity contribution is 0.799. The van der Waals surface area contributed by atoms with Crippen LogP contribution in [0, 0.1) is 0 Å². The number of rotatable bonds is 5.